The molecule has 1 heterocycles. The van der Waals surface area contributed by atoms with Crippen LogP contribution in [0, 0.1) is 0 Å². The number of aryl methyl sites for hydroxylation is 1. The number of rotatable bonds is 3. The van der Waals surface area contributed by atoms with Crippen molar-refractivity contribution < 1.29 is 50.0 Å². The first kappa shape index (κ1) is 21.7. The molecule has 1 aromatic carbocycles. The van der Waals surface area contributed by atoms with Crippen LogP contribution in [-0.4, -0.2) is 30.8 Å². The summed E-state index contributed by atoms with van der Waals surface area (Å²) in [6.07, 6.45) is 4.51. The summed E-state index contributed by atoms with van der Waals surface area (Å²) in [7, 11) is 0. The number of amides is 1. The monoisotopic (exact) mass is 355 g/mol. The van der Waals surface area contributed by atoms with Crippen molar-refractivity contribution in [2.24, 2.45) is 0 Å². The van der Waals surface area contributed by atoms with Crippen LogP contribution in [-0.2, 0) is 20.7 Å². The molecule has 5 nitrogen and oxygen atoms in total. The first-order chi connectivity index (χ1) is 11.3. The molecule has 1 aliphatic heterocycles. The fourth-order valence-corrected chi connectivity index (χ4v) is 2.66. The van der Waals surface area contributed by atoms with Crippen LogP contribution in [0.1, 0.15) is 46.7 Å². The predicted octanol–water partition coefficient (Wildman–Crippen LogP) is 1.07. The maximum absolute atomic E-state index is 12.6. The molecule has 0 fully saturated rings. The first-order valence-corrected chi connectivity index (χ1v) is 8.29. The van der Waals surface area contributed by atoms with Crippen molar-refractivity contribution in [1.82, 2.24) is 0 Å². The van der Waals surface area contributed by atoms with E-state index in [9.17, 15) is 9.59 Å². The van der Waals surface area contributed by atoms with Gasteiger partial charge in [-0.05, 0) is 57.7 Å². The number of hydrogen-bond acceptors (Lipinski definition) is 4. The van der Waals surface area contributed by atoms with Crippen molar-refractivity contribution in [3.63, 3.8) is 0 Å². The van der Waals surface area contributed by atoms with E-state index in [0.717, 1.165) is 29.7 Å². The molecular formula is C19H26NNaO4. The standard InChI is InChI=1S/C19H25NO4.Na.H/c1-5-23-16(21)12-11-15-9-6-8-14-10-7-13-20(17(14)15)18(22)24-19(2,3)4;;/h6,8-9,11-12H,5,7,10,13H2,1-4H3;;/q;+1;-1/b12-11+;;. The molecule has 1 aromatic rings. The van der Waals surface area contributed by atoms with Crippen LogP contribution in [0.3, 0.4) is 0 Å². The van der Waals surface area contributed by atoms with Gasteiger partial charge in [-0.1, -0.05) is 18.2 Å². The van der Waals surface area contributed by atoms with Gasteiger partial charge in [0.1, 0.15) is 5.60 Å². The molecule has 0 saturated carbocycles. The first-order valence-electron chi connectivity index (χ1n) is 8.29. The molecule has 0 saturated heterocycles. The van der Waals surface area contributed by atoms with Crippen LogP contribution in [0.15, 0.2) is 24.3 Å². The Morgan fingerprint density at radius 2 is 2.04 bits per heavy atom. The van der Waals surface area contributed by atoms with Gasteiger partial charge in [0.05, 0.1) is 12.3 Å². The molecule has 0 spiro atoms. The van der Waals surface area contributed by atoms with Crippen molar-refractivity contribution in [1.29, 1.82) is 0 Å². The van der Waals surface area contributed by atoms with E-state index in [0.29, 0.717) is 13.2 Å². The van der Waals surface area contributed by atoms with E-state index < -0.39 is 11.6 Å². The average Bonchev–Trinajstić information content (AvgIpc) is 2.51. The van der Waals surface area contributed by atoms with Crippen LogP contribution in [0.4, 0.5) is 10.5 Å². The zero-order chi connectivity index (χ0) is 17.7. The summed E-state index contributed by atoms with van der Waals surface area (Å²) >= 11 is 0. The number of carbonyl (C=O) groups is 2. The Balaban J connectivity index is 0.00000312. The van der Waals surface area contributed by atoms with Gasteiger partial charge < -0.3 is 10.9 Å². The summed E-state index contributed by atoms with van der Waals surface area (Å²) in [5.74, 6) is -0.394. The van der Waals surface area contributed by atoms with Crippen LogP contribution in [0.5, 0.6) is 0 Å². The van der Waals surface area contributed by atoms with E-state index in [2.05, 4.69) is 0 Å². The summed E-state index contributed by atoms with van der Waals surface area (Å²) in [4.78, 5) is 25.8. The Hall–Kier alpha value is -1.30. The molecule has 1 amide bonds. The van der Waals surface area contributed by atoms with Crippen LogP contribution in [0.2, 0.25) is 0 Å². The molecule has 1 aliphatic rings. The third kappa shape index (κ3) is 6.17. The number of benzene rings is 1. The van der Waals surface area contributed by atoms with E-state index in [1.807, 2.05) is 39.0 Å². The largest absolute Gasteiger partial charge is 1.00 e. The minimum absolute atomic E-state index is 0. The van der Waals surface area contributed by atoms with Crippen molar-refractivity contribution in [2.45, 2.75) is 46.1 Å². The van der Waals surface area contributed by atoms with E-state index in [1.165, 1.54) is 6.08 Å². The fourth-order valence-electron chi connectivity index (χ4n) is 2.66. The molecule has 0 atom stereocenters. The average molecular weight is 355 g/mol. The van der Waals surface area contributed by atoms with E-state index in [4.69, 9.17) is 9.47 Å². The van der Waals surface area contributed by atoms with Gasteiger partial charge in [-0.2, -0.15) is 0 Å². The topological polar surface area (TPSA) is 55.8 Å². The summed E-state index contributed by atoms with van der Waals surface area (Å²) in [5, 5.41) is 0. The van der Waals surface area contributed by atoms with Crippen molar-refractivity contribution in [3.05, 3.63) is 35.4 Å². The summed E-state index contributed by atoms with van der Waals surface area (Å²) < 4.78 is 10.4. The number of para-hydroxylation sites is 1. The maximum Gasteiger partial charge on any atom is 1.00 e. The fraction of sp³-hybridized carbons (Fsp3) is 0.474. The van der Waals surface area contributed by atoms with Gasteiger partial charge in [0, 0.05) is 12.6 Å². The van der Waals surface area contributed by atoms with Gasteiger partial charge in [-0.15, -0.1) is 0 Å². The van der Waals surface area contributed by atoms with Gasteiger partial charge >= 0.3 is 41.6 Å². The predicted molar refractivity (Wildman–Crippen MR) is 95.1 cm³/mol. The second-order valence-electron chi connectivity index (χ2n) is 6.68. The Morgan fingerprint density at radius 1 is 1.32 bits per heavy atom. The van der Waals surface area contributed by atoms with Crippen molar-refractivity contribution in [3.8, 4) is 0 Å². The molecule has 0 aromatic heterocycles. The Bertz CT molecular complexity index is 655. The number of ether oxygens (including phenoxy) is 2. The third-order valence-electron chi connectivity index (χ3n) is 3.55. The molecule has 6 heteroatoms. The third-order valence-corrected chi connectivity index (χ3v) is 3.55. The number of esters is 1. The quantitative estimate of drug-likeness (QED) is 0.462. The van der Waals surface area contributed by atoms with Crippen LogP contribution < -0.4 is 34.5 Å². The number of anilines is 1. The Labute approximate surface area is 173 Å². The minimum atomic E-state index is -0.551. The smallest absolute Gasteiger partial charge is 1.00 e. The molecule has 132 valence electrons. The van der Waals surface area contributed by atoms with Gasteiger partial charge in [-0.25, -0.2) is 9.59 Å². The number of hydrogen-bond donors (Lipinski definition) is 0. The number of nitrogens with zero attached hydrogens (tertiary/aromatic N) is 1. The van der Waals surface area contributed by atoms with Gasteiger partial charge in [0.15, 0.2) is 0 Å². The summed E-state index contributed by atoms with van der Waals surface area (Å²) in [6.45, 7) is 8.25. The van der Waals surface area contributed by atoms with Gasteiger partial charge in [-0.3, -0.25) is 4.90 Å². The zero-order valence-corrected chi connectivity index (χ0v) is 17.8. The van der Waals surface area contributed by atoms with E-state index in [1.54, 1.807) is 17.9 Å². The van der Waals surface area contributed by atoms with Crippen LogP contribution >= 0.6 is 0 Å². The van der Waals surface area contributed by atoms with Gasteiger partial charge in [0.2, 0.25) is 0 Å². The normalized spacial score (nSPS) is 13.8. The van der Waals surface area contributed by atoms with Crippen molar-refractivity contribution >= 4 is 23.8 Å². The zero-order valence-electron chi connectivity index (χ0n) is 16.8. The number of fused-ring (bicyclic) bond motifs is 1. The molecule has 0 unspecified atom stereocenters. The molecule has 25 heavy (non-hydrogen) atoms. The Kier molecular flexibility index (Phi) is 8.19. The molecule has 0 aliphatic carbocycles. The van der Waals surface area contributed by atoms with Crippen LogP contribution in [0.25, 0.3) is 6.08 Å². The maximum atomic E-state index is 12.6. The summed E-state index contributed by atoms with van der Waals surface area (Å²) in [5.41, 5.74) is 2.16. The molecule has 0 radical (unpaired) electrons. The number of carbonyl (C=O) groups excluding carboxylic acids is 2. The van der Waals surface area contributed by atoms with Crippen molar-refractivity contribution in [2.75, 3.05) is 18.1 Å². The van der Waals surface area contributed by atoms with E-state index in [-0.39, 0.29) is 37.1 Å². The van der Waals surface area contributed by atoms with Gasteiger partial charge in [0.25, 0.3) is 0 Å². The molecule has 0 N–H and O–H groups in total. The Morgan fingerprint density at radius 3 is 2.68 bits per heavy atom. The minimum Gasteiger partial charge on any atom is -1.00 e. The molecule has 0 bridgehead atoms. The molecule has 2 rings (SSSR count). The SMILES string of the molecule is CCOC(=O)/C=C/c1cccc2c1N(C(=O)OC(C)(C)C)CCC2.[H-].[Na+]. The second-order valence-corrected chi connectivity index (χ2v) is 6.68. The summed E-state index contributed by atoms with van der Waals surface area (Å²) in [6, 6.07) is 5.83. The second kappa shape index (κ2) is 9.41. The van der Waals surface area contributed by atoms with E-state index >= 15 is 0 Å². The molecular weight excluding hydrogens is 329 g/mol.